The summed E-state index contributed by atoms with van der Waals surface area (Å²) in [4.78, 5) is 11.0. The lowest BCUT2D eigenvalue weighted by molar-refractivity contribution is -0.144. The van der Waals surface area contributed by atoms with Crippen LogP contribution >= 0.6 is 0 Å². The van der Waals surface area contributed by atoms with Crippen molar-refractivity contribution in [3.8, 4) is 0 Å². The zero-order valence-electron chi connectivity index (χ0n) is 8.17. The van der Waals surface area contributed by atoms with Crippen molar-refractivity contribution in [2.45, 2.75) is 46.1 Å². The Labute approximate surface area is 74.3 Å². The van der Waals surface area contributed by atoms with Crippen molar-refractivity contribution in [1.82, 2.24) is 0 Å². The zero-order chi connectivity index (χ0) is 9.14. The average Bonchev–Trinajstić information content (AvgIpc) is 2.28. The minimum atomic E-state index is -0.0104. The van der Waals surface area contributed by atoms with Gasteiger partial charge in [0.15, 0.2) is 0 Å². The smallest absolute Gasteiger partial charge is 0.309 e. The lowest BCUT2D eigenvalue weighted by Crippen LogP contribution is -2.07. The highest BCUT2D eigenvalue weighted by Crippen LogP contribution is 2.24. The highest BCUT2D eigenvalue weighted by atomic mass is 16.5. The van der Waals surface area contributed by atoms with Crippen LogP contribution in [-0.2, 0) is 9.53 Å². The second-order valence-corrected chi connectivity index (χ2v) is 4.17. The van der Waals surface area contributed by atoms with Crippen molar-refractivity contribution >= 4 is 5.97 Å². The van der Waals surface area contributed by atoms with Gasteiger partial charge in [0.1, 0.15) is 6.10 Å². The number of hydrogen-bond acceptors (Lipinski definition) is 2. The molecule has 2 nitrogen and oxygen atoms in total. The highest BCUT2D eigenvalue weighted by Gasteiger charge is 2.30. The van der Waals surface area contributed by atoms with Crippen LogP contribution in [0.5, 0.6) is 0 Å². The summed E-state index contributed by atoms with van der Waals surface area (Å²) in [5, 5.41) is 0. The van der Waals surface area contributed by atoms with Gasteiger partial charge in [0.05, 0.1) is 5.92 Å². The predicted octanol–water partition coefficient (Wildman–Crippen LogP) is 2.37. The highest BCUT2D eigenvalue weighted by molar-refractivity contribution is 5.74. The molecule has 0 bridgehead atoms. The van der Waals surface area contributed by atoms with E-state index in [1.807, 2.05) is 6.92 Å². The van der Waals surface area contributed by atoms with Gasteiger partial charge in [-0.2, -0.15) is 0 Å². The Morgan fingerprint density at radius 1 is 1.58 bits per heavy atom. The van der Waals surface area contributed by atoms with Gasteiger partial charge in [-0.3, -0.25) is 4.79 Å². The Bertz CT molecular complexity index is 163. The zero-order valence-corrected chi connectivity index (χ0v) is 8.17. The van der Waals surface area contributed by atoms with Gasteiger partial charge in [-0.25, -0.2) is 0 Å². The van der Waals surface area contributed by atoms with Crippen LogP contribution in [0.25, 0.3) is 0 Å². The van der Waals surface area contributed by atoms with Gasteiger partial charge < -0.3 is 4.74 Å². The van der Waals surface area contributed by atoms with Gasteiger partial charge in [0, 0.05) is 0 Å². The van der Waals surface area contributed by atoms with E-state index in [1.165, 1.54) is 0 Å². The largest absolute Gasteiger partial charge is 0.462 e. The summed E-state index contributed by atoms with van der Waals surface area (Å²) in [6.45, 7) is 6.33. The van der Waals surface area contributed by atoms with Crippen molar-refractivity contribution in [3.63, 3.8) is 0 Å². The number of carbonyl (C=O) groups is 1. The first-order valence-electron chi connectivity index (χ1n) is 4.80. The maximum atomic E-state index is 11.0. The number of ether oxygens (including phenoxy) is 1. The Morgan fingerprint density at radius 3 is 2.67 bits per heavy atom. The van der Waals surface area contributed by atoms with Crippen molar-refractivity contribution in [3.05, 3.63) is 0 Å². The number of carbonyl (C=O) groups excluding carboxylic acids is 1. The summed E-state index contributed by atoms with van der Waals surface area (Å²) in [6, 6.07) is 0. The van der Waals surface area contributed by atoms with E-state index >= 15 is 0 Å². The van der Waals surface area contributed by atoms with E-state index in [1.54, 1.807) is 0 Å². The monoisotopic (exact) mass is 170 g/mol. The van der Waals surface area contributed by atoms with E-state index in [2.05, 4.69) is 13.8 Å². The fourth-order valence-electron chi connectivity index (χ4n) is 1.52. The van der Waals surface area contributed by atoms with Crippen LogP contribution in [0.15, 0.2) is 0 Å². The SMILES string of the molecule is CC(C)CCC1CC(C)C(=O)O1. The molecule has 0 amide bonds. The van der Waals surface area contributed by atoms with Crippen LogP contribution in [0.4, 0.5) is 0 Å². The van der Waals surface area contributed by atoms with E-state index < -0.39 is 0 Å². The van der Waals surface area contributed by atoms with Crippen LogP contribution in [0.2, 0.25) is 0 Å². The van der Waals surface area contributed by atoms with Crippen LogP contribution in [-0.4, -0.2) is 12.1 Å². The van der Waals surface area contributed by atoms with Crippen LogP contribution < -0.4 is 0 Å². The van der Waals surface area contributed by atoms with E-state index in [4.69, 9.17) is 4.74 Å². The third-order valence-electron chi connectivity index (χ3n) is 2.37. The molecule has 0 aromatic heterocycles. The minimum Gasteiger partial charge on any atom is -0.462 e. The molecule has 2 heteroatoms. The Kier molecular flexibility index (Phi) is 3.12. The molecule has 0 spiro atoms. The molecular formula is C10H18O2. The van der Waals surface area contributed by atoms with Gasteiger partial charge in [-0.15, -0.1) is 0 Å². The van der Waals surface area contributed by atoms with Gasteiger partial charge >= 0.3 is 5.97 Å². The molecule has 1 rings (SSSR count). The lowest BCUT2D eigenvalue weighted by Gasteiger charge is -2.09. The molecule has 0 aliphatic carbocycles. The Morgan fingerprint density at radius 2 is 2.25 bits per heavy atom. The van der Waals surface area contributed by atoms with E-state index in [9.17, 15) is 4.79 Å². The van der Waals surface area contributed by atoms with Crippen molar-refractivity contribution in [1.29, 1.82) is 0 Å². The van der Waals surface area contributed by atoms with E-state index in [0.29, 0.717) is 5.92 Å². The molecule has 0 radical (unpaired) electrons. The van der Waals surface area contributed by atoms with Crippen LogP contribution in [0, 0.1) is 11.8 Å². The average molecular weight is 170 g/mol. The summed E-state index contributed by atoms with van der Waals surface area (Å²) >= 11 is 0. The van der Waals surface area contributed by atoms with E-state index in [0.717, 1.165) is 19.3 Å². The molecule has 2 unspecified atom stereocenters. The quantitative estimate of drug-likeness (QED) is 0.608. The lowest BCUT2D eigenvalue weighted by atomic mass is 10.0. The van der Waals surface area contributed by atoms with Crippen molar-refractivity contribution < 1.29 is 9.53 Å². The number of hydrogen-bond donors (Lipinski definition) is 0. The number of esters is 1. The predicted molar refractivity (Wildman–Crippen MR) is 47.7 cm³/mol. The molecule has 1 aliphatic heterocycles. The maximum absolute atomic E-state index is 11.0. The molecule has 1 heterocycles. The number of rotatable bonds is 3. The van der Waals surface area contributed by atoms with Gasteiger partial charge in [-0.05, 0) is 25.2 Å². The third-order valence-corrected chi connectivity index (χ3v) is 2.37. The third kappa shape index (κ3) is 2.50. The molecule has 2 atom stereocenters. The van der Waals surface area contributed by atoms with Crippen LogP contribution in [0.3, 0.4) is 0 Å². The molecule has 70 valence electrons. The molecule has 0 aromatic carbocycles. The van der Waals surface area contributed by atoms with Crippen molar-refractivity contribution in [2.24, 2.45) is 11.8 Å². The van der Waals surface area contributed by atoms with Crippen molar-refractivity contribution in [2.75, 3.05) is 0 Å². The Balaban J connectivity index is 2.23. The molecular weight excluding hydrogens is 152 g/mol. The first-order valence-corrected chi connectivity index (χ1v) is 4.80. The number of cyclic esters (lactones) is 1. The Hall–Kier alpha value is -0.530. The summed E-state index contributed by atoms with van der Waals surface area (Å²) < 4.78 is 5.19. The normalized spacial score (nSPS) is 29.5. The molecule has 1 fully saturated rings. The minimum absolute atomic E-state index is 0.0104. The van der Waals surface area contributed by atoms with Gasteiger partial charge in [0.2, 0.25) is 0 Å². The molecule has 1 saturated heterocycles. The second kappa shape index (κ2) is 3.92. The molecule has 1 aliphatic rings. The summed E-state index contributed by atoms with van der Waals surface area (Å²) in [5.41, 5.74) is 0. The standard InChI is InChI=1S/C10H18O2/c1-7(2)4-5-9-6-8(3)10(11)12-9/h7-9H,4-6H2,1-3H3. The molecule has 0 N–H and O–H groups in total. The van der Waals surface area contributed by atoms with Gasteiger partial charge in [0.25, 0.3) is 0 Å². The summed E-state index contributed by atoms with van der Waals surface area (Å²) in [5.74, 6) is 0.825. The van der Waals surface area contributed by atoms with Crippen LogP contribution in [0.1, 0.15) is 40.0 Å². The fraction of sp³-hybridized carbons (Fsp3) is 0.900. The van der Waals surface area contributed by atoms with Gasteiger partial charge in [-0.1, -0.05) is 20.8 Å². The second-order valence-electron chi connectivity index (χ2n) is 4.17. The van der Waals surface area contributed by atoms with E-state index in [-0.39, 0.29) is 18.0 Å². The topological polar surface area (TPSA) is 26.3 Å². The fourth-order valence-corrected chi connectivity index (χ4v) is 1.52. The molecule has 0 saturated carbocycles. The first-order chi connectivity index (χ1) is 5.59. The first kappa shape index (κ1) is 9.56. The molecule has 12 heavy (non-hydrogen) atoms. The maximum Gasteiger partial charge on any atom is 0.309 e. The summed E-state index contributed by atoms with van der Waals surface area (Å²) in [7, 11) is 0. The molecule has 0 aromatic rings. The summed E-state index contributed by atoms with van der Waals surface area (Å²) in [6.07, 6.45) is 3.32.